The summed E-state index contributed by atoms with van der Waals surface area (Å²) >= 11 is 0. The fourth-order valence-electron chi connectivity index (χ4n) is 2.39. The zero-order valence-corrected chi connectivity index (χ0v) is 10.4. The first kappa shape index (κ1) is 13.4. The highest BCUT2D eigenvalue weighted by atomic mass is 16.3. The van der Waals surface area contributed by atoms with Crippen LogP contribution in [0.5, 0.6) is 0 Å². The summed E-state index contributed by atoms with van der Waals surface area (Å²) in [6.45, 7) is 4.17. The van der Waals surface area contributed by atoms with Gasteiger partial charge >= 0.3 is 0 Å². The summed E-state index contributed by atoms with van der Waals surface area (Å²) in [6, 6.07) is -0.727. The topological polar surface area (TPSA) is 64.0 Å². The minimum absolute atomic E-state index is 0.0342. The van der Waals surface area contributed by atoms with Crippen molar-refractivity contribution in [3.63, 3.8) is 0 Å². The molecule has 0 bridgehead atoms. The second-order valence-electron chi connectivity index (χ2n) is 4.89. The normalized spacial score (nSPS) is 33.3. The van der Waals surface area contributed by atoms with Gasteiger partial charge in [0, 0.05) is 13.6 Å². The van der Waals surface area contributed by atoms with Gasteiger partial charge in [0.1, 0.15) is 0 Å². The van der Waals surface area contributed by atoms with E-state index < -0.39 is 12.1 Å². The summed E-state index contributed by atoms with van der Waals surface area (Å²) in [6.07, 6.45) is -0.701. The Morgan fingerprint density at radius 2 is 2.00 bits per heavy atom. The number of likely N-dealkylation sites (N-methyl/N-ethyl adjacent to an activating group) is 2. The van der Waals surface area contributed by atoms with Crippen LogP contribution in [-0.2, 0) is 4.79 Å². The summed E-state index contributed by atoms with van der Waals surface area (Å²) < 4.78 is 0. The molecular formula is C11H22N2O3. The number of aliphatic hydroxyl groups excluding tert-OH is 2. The van der Waals surface area contributed by atoms with Crippen molar-refractivity contribution in [2.24, 2.45) is 5.92 Å². The van der Waals surface area contributed by atoms with Crippen LogP contribution >= 0.6 is 0 Å². The highest BCUT2D eigenvalue weighted by Gasteiger charge is 2.39. The molecule has 0 aliphatic carbocycles. The van der Waals surface area contributed by atoms with Gasteiger partial charge < -0.3 is 15.1 Å². The van der Waals surface area contributed by atoms with Gasteiger partial charge in [-0.15, -0.1) is 0 Å². The Morgan fingerprint density at radius 3 is 2.44 bits per heavy atom. The van der Waals surface area contributed by atoms with Gasteiger partial charge in [-0.2, -0.15) is 0 Å². The molecule has 5 nitrogen and oxygen atoms in total. The zero-order valence-electron chi connectivity index (χ0n) is 10.4. The number of carbonyl (C=O) groups excluding carboxylic acids is 1. The van der Waals surface area contributed by atoms with Crippen molar-refractivity contribution < 1.29 is 15.0 Å². The lowest BCUT2D eigenvalue weighted by molar-refractivity contribution is -0.138. The average molecular weight is 230 g/mol. The summed E-state index contributed by atoms with van der Waals surface area (Å²) in [7, 11) is 3.47. The third kappa shape index (κ3) is 2.36. The summed E-state index contributed by atoms with van der Waals surface area (Å²) in [5.74, 6) is 0.151. The van der Waals surface area contributed by atoms with Crippen molar-refractivity contribution in [1.82, 2.24) is 9.80 Å². The molecule has 1 rings (SSSR count). The maximum Gasteiger partial charge on any atom is 0.240 e. The number of β-amino-alcohol motifs (C(OH)–C–C–N with tert-alkyl or cyclic N) is 1. The van der Waals surface area contributed by atoms with E-state index in [1.54, 1.807) is 7.05 Å². The predicted molar refractivity (Wildman–Crippen MR) is 60.9 cm³/mol. The fraction of sp³-hybridized carbons (Fsp3) is 0.909. The smallest absolute Gasteiger partial charge is 0.240 e. The van der Waals surface area contributed by atoms with E-state index in [4.69, 9.17) is 0 Å². The molecule has 0 radical (unpaired) electrons. The molecule has 5 heteroatoms. The second-order valence-corrected chi connectivity index (χ2v) is 4.89. The van der Waals surface area contributed by atoms with Crippen molar-refractivity contribution >= 4 is 5.91 Å². The average Bonchev–Trinajstić information content (AvgIpc) is 2.23. The van der Waals surface area contributed by atoms with Crippen LogP contribution in [-0.4, -0.2) is 71.4 Å². The Hall–Kier alpha value is -0.650. The van der Waals surface area contributed by atoms with Crippen LogP contribution in [0.4, 0.5) is 0 Å². The first-order valence-corrected chi connectivity index (χ1v) is 5.66. The number of carbonyl (C=O) groups is 1. The zero-order chi connectivity index (χ0) is 12.5. The number of nitrogens with zero attached hydrogens (tertiary/aromatic N) is 2. The van der Waals surface area contributed by atoms with E-state index in [0.717, 1.165) is 0 Å². The summed E-state index contributed by atoms with van der Waals surface area (Å²) in [5.41, 5.74) is 0. The molecule has 0 spiro atoms. The summed E-state index contributed by atoms with van der Waals surface area (Å²) in [4.78, 5) is 15.5. The molecule has 2 N–H and O–H groups in total. The van der Waals surface area contributed by atoms with E-state index in [-0.39, 0.29) is 24.5 Å². The monoisotopic (exact) mass is 230 g/mol. The molecular weight excluding hydrogens is 208 g/mol. The lowest BCUT2D eigenvalue weighted by Crippen LogP contribution is -2.49. The van der Waals surface area contributed by atoms with Crippen LogP contribution in [0, 0.1) is 5.92 Å². The Labute approximate surface area is 96.7 Å². The van der Waals surface area contributed by atoms with Crippen molar-refractivity contribution in [1.29, 1.82) is 0 Å². The predicted octanol–water partition coefficient (Wildman–Crippen LogP) is -0.863. The van der Waals surface area contributed by atoms with E-state index >= 15 is 0 Å². The SMILES string of the molecule is CC(C)[C@H]1C(=O)N(C)[C@H](CO)[C@@H](O)CN1C. The molecule has 0 saturated carbocycles. The van der Waals surface area contributed by atoms with E-state index in [0.29, 0.717) is 6.54 Å². The molecule has 94 valence electrons. The van der Waals surface area contributed by atoms with E-state index in [1.165, 1.54) is 4.90 Å². The van der Waals surface area contributed by atoms with Crippen LogP contribution in [0.3, 0.4) is 0 Å². The van der Waals surface area contributed by atoms with Gasteiger partial charge in [-0.05, 0) is 13.0 Å². The van der Waals surface area contributed by atoms with Crippen LogP contribution in [0.15, 0.2) is 0 Å². The van der Waals surface area contributed by atoms with Gasteiger partial charge in [0.2, 0.25) is 5.91 Å². The van der Waals surface area contributed by atoms with Gasteiger partial charge in [0.15, 0.2) is 0 Å². The van der Waals surface area contributed by atoms with Crippen LogP contribution in [0.25, 0.3) is 0 Å². The molecule has 0 aromatic rings. The molecule has 1 aliphatic rings. The highest BCUT2D eigenvalue weighted by Crippen LogP contribution is 2.19. The molecule has 1 amide bonds. The molecule has 0 aromatic heterocycles. The van der Waals surface area contributed by atoms with Crippen LogP contribution < -0.4 is 0 Å². The van der Waals surface area contributed by atoms with Crippen molar-refractivity contribution in [2.75, 3.05) is 27.2 Å². The van der Waals surface area contributed by atoms with Gasteiger partial charge in [0.05, 0.1) is 24.8 Å². The van der Waals surface area contributed by atoms with Crippen molar-refractivity contribution in [2.45, 2.75) is 32.0 Å². The Bertz CT molecular complexity index is 258. The first-order chi connectivity index (χ1) is 7.40. The van der Waals surface area contributed by atoms with Gasteiger partial charge in [-0.1, -0.05) is 13.8 Å². The third-order valence-electron chi connectivity index (χ3n) is 3.31. The molecule has 16 heavy (non-hydrogen) atoms. The van der Waals surface area contributed by atoms with Crippen LogP contribution in [0.2, 0.25) is 0 Å². The number of hydrogen-bond donors (Lipinski definition) is 2. The number of hydrogen-bond acceptors (Lipinski definition) is 4. The molecule has 1 heterocycles. The molecule has 1 fully saturated rings. The van der Waals surface area contributed by atoms with Crippen molar-refractivity contribution in [3.8, 4) is 0 Å². The van der Waals surface area contributed by atoms with Gasteiger partial charge in [-0.25, -0.2) is 0 Å². The molecule has 0 aromatic carbocycles. The number of amides is 1. The summed E-state index contributed by atoms with van der Waals surface area (Å²) in [5, 5.41) is 19.1. The quantitative estimate of drug-likeness (QED) is 0.648. The number of aliphatic hydroxyl groups is 2. The lowest BCUT2D eigenvalue weighted by Gasteiger charge is -2.30. The first-order valence-electron chi connectivity index (χ1n) is 5.66. The maximum atomic E-state index is 12.2. The largest absolute Gasteiger partial charge is 0.394 e. The molecule has 1 aliphatic heterocycles. The van der Waals surface area contributed by atoms with E-state index in [1.807, 2.05) is 25.8 Å². The van der Waals surface area contributed by atoms with E-state index in [2.05, 4.69) is 0 Å². The Kier molecular flexibility index (Phi) is 4.29. The minimum Gasteiger partial charge on any atom is -0.394 e. The third-order valence-corrected chi connectivity index (χ3v) is 3.31. The van der Waals surface area contributed by atoms with Gasteiger partial charge in [-0.3, -0.25) is 9.69 Å². The fourth-order valence-corrected chi connectivity index (χ4v) is 2.39. The minimum atomic E-state index is -0.701. The maximum absolute atomic E-state index is 12.2. The molecule has 0 unspecified atom stereocenters. The molecule has 3 atom stereocenters. The van der Waals surface area contributed by atoms with Gasteiger partial charge in [0.25, 0.3) is 0 Å². The molecule has 1 saturated heterocycles. The second kappa shape index (κ2) is 5.12. The standard InChI is InChI=1S/C11H22N2O3/c1-7(2)10-11(16)13(4)8(6-14)9(15)5-12(10)3/h7-10,14-15H,5-6H2,1-4H3/t8-,9+,10+/m1/s1. The van der Waals surface area contributed by atoms with Crippen LogP contribution in [0.1, 0.15) is 13.8 Å². The number of rotatable bonds is 2. The Morgan fingerprint density at radius 1 is 1.44 bits per heavy atom. The van der Waals surface area contributed by atoms with Crippen molar-refractivity contribution in [3.05, 3.63) is 0 Å². The highest BCUT2D eigenvalue weighted by molar-refractivity contribution is 5.82. The van der Waals surface area contributed by atoms with E-state index in [9.17, 15) is 15.0 Å². The lowest BCUT2D eigenvalue weighted by atomic mass is 10.0. The Balaban J connectivity index is 2.98.